The smallest absolute Gasteiger partial charge is 0.261 e. The maximum atomic E-state index is 13.2. The lowest BCUT2D eigenvalue weighted by Gasteiger charge is -2.31. The lowest BCUT2D eigenvalue weighted by Crippen LogP contribution is -2.50. The van der Waals surface area contributed by atoms with Gasteiger partial charge in [0.05, 0.1) is 0 Å². The summed E-state index contributed by atoms with van der Waals surface area (Å²) in [6, 6.07) is 11.9. The minimum Gasteiger partial charge on any atom is -0.484 e. The fourth-order valence-corrected chi connectivity index (χ4v) is 3.83. The van der Waals surface area contributed by atoms with Crippen LogP contribution in [0.25, 0.3) is 0 Å². The van der Waals surface area contributed by atoms with Crippen LogP contribution in [0.5, 0.6) is 5.75 Å². The van der Waals surface area contributed by atoms with Gasteiger partial charge in [0.1, 0.15) is 11.8 Å². The Bertz CT molecular complexity index is 871. The molecule has 0 radical (unpaired) electrons. The first kappa shape index (κ1) is 25.7. The third-order valence-corrected chi connectivity index (χ3v) is 6.06. The summed E-state index contributed by atoms with van der Waals surface area (Å²) in [5, 5.41) is 3.81. The van der Waals surface area contributed by atoms with Crippen LogP contribution in [0.3, 0.4) is 0 Å². The molecule has 0 heterocycles. The van der Waals surface area contributed by atoms with Crippen LogP contribution in [-0.2, 0) is 16.1 Å². The number of carbonyl (C=O) groups is 2. The van der Waals surface area contributed by atoms with E-state index in [1.54, 1.807) is 30.3 Å². The number of nitrogens with one attached hydrogen (secondary N) is 1. The molecule has 2 amide bonds. The molecule has 8 heteroatoms. The quantitative estimate of drug-likeness (QED) is 0.377. The summed E-state index contributed by atoms with van der Waals surface area (Å²) in [5.41, 5.74) is 0.601. The lowest BCUT2D eigenvalue weighted by atomic mass is 10.1. The molecule has 0 bridgehead atoms. The Labute approximate surface area is 207 Å². The van der Waals surface area contributed by atoms with E-state index in [2.05, 4.69) is 27.9 Å². The van der Waals surface area contributed by atoms with Crippen molar-refractivity contribution < 1.29 is 14.3 Å². The number of nitrogens with zero attached hydrogens (tertiary/aromatic N) is 1. The summed E-state index contributed by atoms with van der Waals surface area (Å²) in [7, 11) is 0. The van der Waals surface area contributed by atoms with E-state index in [-0.39, 0.29) is 25.0 Å². The monoisotopic (exact) mass is 576 g/mol. The summed E-state index contributed by atoms with van der Waals surface area (Å²) >= 11 is 14.9. The SMILES string of the molecule is CCC(C(=O)NCC(C)C)N(Cc1c(Cl)cccc1Cl)C(=O)COc1ccc(I)cc1. The molecule has 0 aliphatic rings. The number of ether oxygens (including phenoxy) is 1. The fraction of sp³-hybridized carbons (Fsp3) is 0.391. The van der Waals surface area contributed by atoms with E-state index in [1.165, 1.54) is 4.90 Å². The molecule has 0 spiro atoms. The molecular formula is C23H27Cl2IN2O3. The number of benzene rings is 2. The largest absolute Gasteiger partial charge is 0.484 e. The topological polar surface area (TPSA) is 58.6 Å². The summed E-state index contributed by atoms with van der Waals surface area (Å²) in [4.78, 5) is 27.6. The number of carbonyl (C=O) groups excluding carboxylic acids is 2. The van der Waals surface area contributed by atoms with Crippen molar-refractivity contribution in [2.45, 2.75) is 39.8 Å². The van der Waals surface area contributed by atoms with Gasteiger partial charge >= 0.3 is 0 Å². The third-order valence-electron chi connectivity index (χ3n) is 4.64. The van der Waals surface area contributed by atoms with Crippen molar-refractivity contribution in [2.24, 2.45) is 5.92 Å². The zero-order valence-corrected chi connectivity index (χ0v) is 21.5. The van der Waals surface area contributed by atoms with Crippen molar-refractivity contribution in [1.29, 1.82) is 0 Å². The number of amides is 2. The molecule has 2 rings (SSSR count). The first-order chi connectivity index (χ1) is 14.7. The minimum absolute atomic E-state index is 0.112. The molecule has 0 saturated carbocycles. The van der Waals surface area contributed by atoms with Crippen molar-refractivity contribution in [2.75, 3.05) is 13.2 Å². The van der Waals surface area contributed by atoms with Crippen LogP contribution in [0, 0.1) is 9.49 Å². The second kappa shape index (κ2) is 12.5. The highest BCUT2D eigenvalue weighted by molar-refractivity contribution is 14.1. The van der Waals surface area contributed by atoms with Crippen LogP contribution in [0.1, 0.15) is 32.8 Å². The Kier molecular flexibility index (Phi) is 10.4. The van der Waals surface area contributed by atoms with E-state index in [0.717, 1.165) is 3.57 Å². The van der Waals surface area contributed by atoms with Crippen molar-refractivity contribution >= 4 is 57.6 Å². The molecule has 0 saturated heterocycles. The van der Waals surface area contributed by atoms with Crippen LogP contribution in [0.2, 0.25) is 10.0 Å². The van der Waals surface area contributed by atoms with Gasteiger partial charge in [-0.1, -0.05) is 50.0 Å². The summed E-state index contributed by atoms with van der Waals surface area (Å²) < 4.78 is 6.75. The normalized spacial score (nSPS) is 11.8. The second-order valence-electron chi connectivity index (χ2n) is 7.53. The van der Waals surface area contributed by atoms with Gasteiger partial charge in [0.25, 0.3) is 5.91 Å². The molecule has 168 valence electrons. The van der Waals surface area contributed by atoms with Gasteiger partial charge in [-0.15, -0.1) is 0 Å². The zero-order valence-electron chi connectivity index (χ0n) is 17.8. The fourth-order valence-electron chi connectivity index (χ4n) is 2.95. The molecule has 0 aliphatic heterocycles. The predicted molar refractivity (Wildman–Crippen MR) is 134 cm³/mol. The molecule has 0 aliphatic carbocycles. The van der Waals surface area contributed by atoms with Crippen LogP contribution in [0.4, 0.5) is 0 Å². The number of hydrogen-bond donors (Lipinski definition) is 1. The summed E-state index contributed by atoms with van der Waals surface area (Å²) in [6.07, 6.45) is 0.446. The van der Waals surface area contributed by atoms with Crippen LogP contribution >= 0.6 is 45.8 Å². The van der Waals surface area contributed by atoms with Gasteiger partial charge in [0, 0.05) is 32.3 Å². The maximum Gasteiger partial charge on any atom is 0.261 e. The summed E-state index contributed by atoms with van der Waals surface area (Å²) in [5.74, 6) is 0.359. The Morgan fingerprint density at radius 2 is 1.71 bits per heavy atom. The van der Waals surface area contributed by atoms with E-state index in [9.17, 15) is 9.59 Å². The third kappa shape index (κ3) is 7.84. The zero-order chi connectivity index (χ0) is 23.0. The van der Waals surface area contributed by atoms with Gasteiger partial charge < -0.3 is 15.0 Å². The number of rotatable bonds is 10. The molecule has 2 aromatic carbocycles. The van der Waals surface area contributed by atoms with Crippen molar-refractivity contribution in [3.63, 3.8) is 0 Å². The van der Waals surface area contributed by atoms with Gasteiger partial charge in [0.15, 0.2) is 6.61 Å². The van der Waals surface area contributed by atoms with Gasteiger partial charge in [-0.2, -0.15) is 0 Å². The van der Waals surface area contributed by atoms with Gasteiger partial charge in [-0.3, -0.25) is 9.59 Å². The second-order valence-corrected chi connectivity index (χ2v) is 9.59. The van der Waals surface area contributed by atoms with Gasteiger partial charge in [0.2, 0.25) is 5.91 Å². The highest BCUT2D eigenvalue weighted by atomic mass is 127. The van der Waals surface area contributed by atoms with Crippen molar-refractivity contribution in [3.8, 4) is 5.75 Å². The molecular weight excluding hydrogens is 550 g/mol. The summed E-state index contributed by atoms with van der Waals surface area (Å²) in [6.45, 7) is 6.35. The lowest BCUT2D eigenvalue weighted by molar-refractivity contribution is -0.143. The molecule has 5 nitrogen and oxygen atoms in total. The molecule has 1 unspecified atom stereocenters. The highest BCUT2D eigenvalue weighted by Gasteiger charge is 2.30. The van der Waals surface area contributed by atoms with E-state index >= 15 is 0 Å². The molecule has 1 N–H and O–H groups in total. The number of halogens is 3. The van der Waals surface area contributed by atoms with Crippen LogP contribution in [0.15, 0.2) is 42.5 Å². The van der Waals surface area contributed by atoms with E-state index < -0.39 is 6.04 Å². The highest BCUT2D eigenvalue weighted by Crippen LogP contribution is 2.27. The average Bonchev–Trinajstić information content (AvgIpc) is 2.73. The molecule has 0 aromatic heterocycles. The Morgan fingerprint density at radius 1 is 1.10 bits per heavy atom. The standard InChI is InChI=1S/C23H27Cl2IN2O3/c1-4-21(23(30)27-12-15(2)3)28(13-18-19(24)6-5-7-20(18)25)22(29)14-31-17-10-8-16(26)9-11-17/h5-11,15,21H,4,12-14H2,1-3H3,(H,27,30). The maximum absolute atomic E-state index is 13.2. The first-order valence-corrected chi connectivity index (χ1v) is 11.9. The van der Waals surface area contributed by atoms with E-state index in [1.807, 2.05) is 32.9 Å². The molecule has 1 atom stereocenters. The van der Waals surface area contributed by atoms with Crippen LogP contribution < -0.4 is 10.1 Å². The van der Waals surface area contributed by atoms with E-state index in [0.29, 0.717) is 40.2 Å². The van der Waals surface area contributed by atoms with E-state index in [4.69, 9.17) is 27.9 Å². The first-order valence-electron chi connectivity index (χ1n) is 10.1. The predicted octanol–water partition coefficient (Wildman–Crippen LogP) is 5.56. The Morgan fingerprint density at radius 3 is 2.26 bits per heavy atom. The minimum atomic E-state index is -0.668. The molecule has 0 fully saturated rings. The van der Waals surface area contributed by atoms with Crippen molar-refractivity contribution in [1.82, 2.24) is 10.2 Å². The van der Waals surface area contributed by atoms with Gasteiger partial charge in [-0.05, 0) is 71.3 Å². The number of hydrogen-bond acceptors (Lipinski definition) is 3. The van der Waals surface area contributed by atoms with Crippen LogP contribution in [-0.4, -0.2) is 35.9 Å². The Hall–Kier alpha value is -1.51. The van der Waals surface area contributed by atoms with Crippen molar-refractivity contribution in [3.05, 3.63) is 61.6 Å². The average molecular weight is 577 g/mol. The molecule has 31 heavy (non-hydrogen) atoms. The Balaban J connectivity index is 2.25. The molecule has 2 aromatic rings. The van der Waals surface area contributed by atoms with Gasteiger partial charge in [-0.25, -0.2) is 0 Å².